The van der Waals surface area contributed by atoms with Crippen molar-refractivity contribution < 1.29 is 19.3 Å². The normalized spacial score (nSPS) is 22.9. The Bertz CT molecular complexity index is 797. The van der Waals surface area contributed by atoms with Crippen molar-refractivity contribution in [1.29, 1.82) is 0 Å². The zero-order valence-electron chi connectivity index (χ0n) is 18.2. The first kappa shape index (κ1) is 22.1. The lowest BCUT2D eigenvalue weighted by Crippen LogP contribution is -2.51. The van der Waals surface area contributed by atoms with Crippen LogP contribution < -0.4 is 9.47 Å². The predicted octanol–water partition coefficient (Wildman–Crippen LogP) is 2.80. The van der Waals surface area contributed by atoms with E-state index < -0.39 is 5.60 Å². The van der Waals surface area contributed by atoms with Crippen LogP contribution in [0.1, 0.15) is 18.4 Å². The molecule has 168 valence electrons. The van der Waals surface area contributed by atoms with Gasteiger partial charge in [0.25, 0.3) is 0 Å². The van der Waals surface area contributed by atoms with E-state index in [9.17, 15) is 5.11 Å². The van der Waals surface area contributed by atoms with Crippen molar-refractivity contribution in [2.24, 2.45) is 0 Å². The maximum Gasteiger partial charge on any atom is 0.119 e. The minimum Gasteiger partial charge on any atom is -0.492 e. The van der Waals surface area contributed by atoms with Crippen LogP contribution in [0.25, 0.3) is 0 Å². The SMILES string of the molecule is O[C@@]1(COc2ccccc2)CCCN(Cc2cccc(OCCN3CCOCC3)c2)C1. The van der Waals surface area contributed by atoms with E-state index in [0.717, 1.165) is 70.3 Å². The van der Waals surface area contributed by atoms with Crippen LogP contribution in [-0.4, -0.2) is 79.7 Å². The van der Waals surface area contributed by atoms with Gasteiger partial charge in [0.2, 0.25) is 0 Å². The zero-order valence-corrected chi connectivity index (χ0v) is 18.2. The molecule has 0 amide bonds. The van der Waals surface area contributed by atoms with Gasteiger partial charge in [-0.05, 0) is 49.2 Å². The van der Waals surface area contributed by atoms with Gasteiger partial charge in [0.1, 0.15) is 30.3 Å². The average Bonchev–Trinajstić information content (AvgIpc) is 2.80. The molecule has 2 fully saturated rings. The highest BCUT2D eigenvalue weighted by molar-refractivity contribution is 5.28. The van der Waals surface area contributed by atoms with Gasteiger partial charge in [-0.25, -0.2) is 0 Å². The molecule has 6 heteroatoms. The summed E-state index contributed by atoms with van der Waals surface area (Å²) < 4.78 is 17.2. The van der Waals surface area contributed by atoms with E-state index in [1.54, 1.807) is 0 Å². The number of benzene rings is 2. The van der Waals surface area contributed by atoms with E-state index in [2.05, 4.69) is 21.9 Å². The van der Waals surface area contributed by atoms with E-state index in [4.69, 9.17) is 14.2 Å². The third-order valence-electron chi connectivity index (χ3n) is 5.97. The second-order valence-corrected chi connectivity index (χ2v) is 8.59. The van der Waals surface area contributed by atoms with Gasteiger partial charge in [0.15, 0.2) is 0 Å². The van der Waals surface area contributed by atoms with Crippen LogP contribution in [0.15, 0.2) is 54.6 Å². The van der Waals surface area contributed by atoms with E-state index in [0.29, 0.717) is 19.8 Å². The lowest BCUT2D eigenvalue weighted by atomic mass is 9.93. The Balaban J connectivity index is 1.25. The standard InChI is InChI=1S/C25H34N2O4/c28-25(21-31-23-7-2-1-3-8-23)10-5-11-27(20-25)19-22-6-4-9-24(18-22)30-17-14-26-12-15-29-16-13-26/h1-4,6-9,18,28H,5,10-17,19-21H2/t25-/m0/s1. The van der Waals surface area contributed by atoms with E-state index in [1.807, 2.05) is 42.5 Å². The summed E-state index contributed by atoms with van der Waals surface area (Å²) in [6, 6.07) is 18.0. The van der Waals surface area contributed by atoms with Gasteiger partial charge in [0, 0.05) is 32.7 Å². The topological polar surface area (TPSA) is 54.4 Å². The molecule has 0 radical (unpaired) electrons. The van der Waals surface area contributed by atoms with Crippen molar-refractivity contribution in [2.45, 2.75) is 25.0 Å². The first-order valence-corrected chi connectivity index (χ1v) is 11.3. The Kier molecular flexibility index (Phi) is 7.81. The molecule has 0 unspecified atom stereocenters. The highest BCUT2D eigenvalue weighted by Crippen LogP contribution is 2.25. The zero-order chi connectivity index (χ0) is 21.4. The van der Waals surface area contributed by atoms with Crippen LogP contribution in [-0.2, 0) is 11.3 Å². The average molecular weight is 427 g/mol. The Morgan fingerprint density at radius 1 is 0.903 bits per heavy atom. The molecule has 0 aliphatic carbocycles. The van der Waals surface area contributed by atoms with Crippen molar-refractivity contribution in [3.63, 3.8) is 0 Å². The number of rotatable bonds is 9. The van der Waals surface area contributed by atoms with Crippen LogP contribution in [0.3, 0.4) is 0 Å². The Morgan fingerprint density at radius 3 is 2.55 bits per heavy atom. The molecule has 0 bridgehead atoms. The fraction of sp³-hybridized carbons (Fsp3) is 0.520. The molecule has 2 heterocycles. The highest BCUT2D eigenvalue weighted by Gasteiger charge is 2.34. The van der Waals surface area contributed by atoms with Crippen molar-refractivity contribution in [2.75, 3.05) is 59.2 Å². The molecule has 1 N–H and O–H groups in total. The van der Waals surface area contributed by atoms with E-state index in [-0.39, 0.29) is 0 Å². The number of likely N-dealkylation sites (tertiary alicyclic amines) is 1. The summed E-state index contributed by atoms with van der Waals surface area (Å²) in [5, 5.41) is 11.1. The minimum absolute atomic E-state index is 0.318. The van der Waals surface area contributed by atoms with Crippen molar-refractivity contribution >= 4 is 0 Å². The van der Waals surface area contributed by atoms with Crippen molar-refractivity contribution in [3.05, 3.63) is 60.2 Å². The number of aliphatic hydroxyl groups is 1. The molecule has 4 rings (SSSR count). The van der Waals surface area contributed by atoms with Crippen molar-refractivity contribution in [1.82, 2.24) is 9.80 Å². The van der Waals surface area contributed by atoms with Crippen LogP contribution >= 0.6 is 0 Å². The molecule has 0 aromatic heterocycles. The summed E-state index contributed by atoms with van der Waals surface area (Å²) in [7, 11) is 0. The number of morpholine rings is 1. The molecular formula is C25H34N2O4. The van der Waals surface area contributed by atoms with Gasteiger partial charge in [-0.15, -0.1) is 0 Å². The number of hydrogen-bond acceptors (Lipinski definition) is 6. The molecule has 31 heavy (non-hydrogen) atoms. The monoisotopic (exact) mass is 426 g/mol. The van der Waals surface area contributed by atoms with Gasteiger partial charge < -0.3 is 19.3 Å². The number of nitrogens with zero attached hydrogens (tertiary/aromatic N) is 2. The first-order valence-electron chi connectivity index (χ1n) is 11.3. The summed E-state index contributed by atoms with van der Waals surface area (Å²) in [6.07, 6.45) is 1.73. The highest BCUT2D eigenvalue weighted by atomic mass is 16.5. The van der Waals surface area contributed by atoms with Crippen LogP contribution in [0.2, 0.25) is 0 Å². The smallest absolute Gasteiger partial charge is 0.119 e. The molecule has 2 saturated heterocycles. The summed E-state index contributed by atoms with van der Waals surface area (Å²) in [4.78, 5) is 4.68. The lowest BCUT2D eigenvalue weighted by molar-refractivity contribution is -0.0621. The molecule has 2 aliphatic heterocycles. The molecule has 2 aromatic rings. The molecule has 6 nitrogen and oxygen atoms in total. The van der Waals surface area contributed by atoms with Crippen molar-refractivity contribution in [3.8, 4) is 11.5 Å². The minimum atomic E-state index is -0.819. The van der Waals surface area contributed by atoms with Crippen LogP contribution in [0.4, 0.5) is 0 Å². The third-order valence-corrected chi connectivity index (χ3v) is 5.97. The van der Waals surface area contributed by atoms with Gasteiger partial charge in [-0.1, -0.05) is 30.3 Å². The molecular weight excluding hydrogens is 392 g/mol. The molecule has 2 aliphatic rings. The largest absolute Gasteiger partial charge is 0.492 e. The Hall–Kier alpha value is -2.12. The van der Waals surface area contributed by atoms with E-state index in [1.165, 1.54) is 5.56 Å². The number of piperidine rings is 1. The first-order chi connectivity index (χ1) is 15.2. The predicted molar refractivity (Wildman–Crippen MR) is 121 cm³/mol. The maximum absolute atomic E-state index is 11.1. The second-order valence-electron chi connectivity index (χ2n) is 8.59. The number of ether oxygens (including phenoxy) is 3. The molecule has 2 aromatic carbocycles. The second kappa shape index (κ2) is 11.0. The van der Waals surface area contributed by atoms with Gasteiger partial charge in [0.05, 0.1) is 13.2 Å². The van der Waals surface area contributed by atoms with Gasteiger partial charge in [-0.2, -0.15) is 0 Å². The Morgan fingerprint density at radius 2 is 1.71 bits per heavy atom. The molecule has 0 saturated carbocycles. The maximum atomic E-state index is 11.1. The summed E-state index contributed by atoms with van der Waals surface area (Å²) in [5.74, 6) is 1.71. The summed E-state index contributed by atoms with van der Waals surface area (Å²) >= 11 is 0. The number of para-hydroxylation sites is 1. The quantitative estimate of drug-likeness (QED) is 0.666. The molecule has 0 spiro atoms. The van der Waals surface area contributed by atoms with Crippen LogP contribution in [0, 0.1) is 0 Å². The number of β-amino-alcohol motifs (C(OH)–C–C–N with tert-alkyl or cyclic N) is 1. The summed E-state index contributed by atoms with van der Waals surface area (Å²) in [5.41, 5.74) is 0.387. The van der Waals surface area contributed by atoms with E-state index >= 15 is 0 Å². The lowest BCUT2D eigenvalue weighted by Gasteiger charge is -2.39. The van der Waals surface area contributed by atoms with Gasteiger partial charge >= 0.3 is 0 Å². The fourth-order valence-electron chi connectivity index (χ4n) is 4.30. The van der Waals surface area contributed by atoms with Crippen LogP contribution in [0.5, 0.6) is 11.5 Å². The fourth-order valence-corrected chi connectivity index (χ4v) is 4.30. The molecule has 1 atom stereocenters. The Labute approximate surface area is 185 Å². The summed E-state index contributed by atoms with van der Waals surface area (Å²) in [6.45, 7) is 7.91. The van der Waals surface area contributed by atoms with Gasteiger partial charge in [-0.3, -0.25) is 9.80 Å². The number of hydrogen-bond donors (Lipinski definition) is 1. The third kappa shape index (κ3) is 6.94.